The molecule has 62 heavy (non-hydrogen) atoms. The van der Waals surface area contributed by atoms with E-state index in [-0.39, 0.29) is 18.2 Å². The highest BCUT2D eigenvalue weighted by Gasteiger charge is 2.25. The van der Waals surface area contributed by atoms with Gasteiger partial charge in [0.2, 0.25) is 0 Å². The molecule has 4 heterocycles. The van der Waals surface area contributed by atoms with Gasteiger partial charge in [0.1, 0.15) is 12.0 Å². The lowest BCUT2D eigenvalue weighted by molar-refractivity contribution is 0.674. The number of allylic oxidation sites excluding steroid dienone is 6. The smallest absolute Gasteiger partial charge is 0.159 e. The standard InChI is InChI=1S/C56H46N6/c1-37-18-14-32-49(57-37)47-30-17-31-48(50-33-15-19-38(2)58-50)53(47)44-35-51(39-20-6-3-7-21-39)59-52(36-44)46-29-13-12-28-45(46)42-26-16-27-43(34-42)56-61-54(40-22-8-4-9-23-40)60-55(62-56)41-24-10-5-11-25-41/h3-36,49-50,54,57-58H,1-2H3,(H,60,61,62). The largest absolute Gasteiger partial charge is 0.378 e. The van der Waals surface area contributed by atoms with Crippen molar-refractivity contribution in [2.75, 3.05) is 0 Å². The first-order chi connectivity index (χ1) is 30.5. The van der Waals surface area contributed by atoms with Crippen molar-refractivity contribution in [2.24, 2.45) is 9.98 Å². The van der Waals surface area contributed by atoms with Gasteiger partial charge in [0, 0.05) is 33.6 Å². The number of pyridine rings is 1. The van der Waals surface area contributed by atoms with Crippen molar-refractivity contribution >= 4 is 11.7 Å². The van der Waals surface area contributed by atoms with Gasteiger partial charge in [0.25, 0.3) is 0 Å². The van der Waals surface area contributed by atoms with Crippen LogP contribution in [0.2, 0.25) is 0 Å². The number of nitrogens with zero attached hydrogens (tertiary/aromatic N) is 3. The van der Waals surface area contributed by atoms with Crippen LogP contribution in [0.1, 0.15) is 59.9 Å². The van der Waals surface area contributed by atoms with Gasteiger partial charge >= 0.3 is 0 Å². The molecule has 0 saturated carbocycles. The summed E-state index contributed by atoms with van der Waals surface area (Å²) in [4.78, 5) is 15.7. The summed E-state index contributed by atoms with van der Waals surface area (Å²) in [6.07, 6.45) is 12.8. The lowest BCUT2D eigenvalue weighted by Crippen LogP contribution is -2.33. The molecule has 3 atom stereocenters. The monoisotopic (exact) mass is 802 g/mol. The molecule has 3 aliphatic heterocycles. The van der Waals surface area contributed by atoms with E-state index in [0.717, 1.165) is 73.1 Å². The van der Waals surface area contributed by atoms with Crippen molar-refractivity contribution in [2.45, 2.75) is 32.1 Å². The third kappa shape index (κ3) is 7.94. The highest BCUT2D eigenvalue weighted by atomic mass is 15.2. The Kier molecular flexibility index (Phi) is 10.5. The predicted octanol–water partition coefficient (Wildman–Crippen LogP) is 12.5. The summed E-state index contributed by atoms with van der Waals surface area (Å²) in [6.45, 7) is 4.25. The molecule has 0 bridgehead atoms. The second-order valence-electron chi connectivity index (χ2n) is 15.9. The molecule has 0 aliphatic carbocycles. The van der Waals surface area contributed by atoms with Crippen molar-refractivity contribution in [1.29, 1.82) is 0 Å². The predicted molar refractivity (Wildman–Crippen MR) is 255 cm³/mol. The van der Waals surface area contributed by atoms with Crippen LogP contribution in [0, 0.1) is 0 Å². The van der Waals surface area contributed by atoms with Crippen LogP contribution in [0.15, 0.2) is 228 Å². The fourth-order valence-electron chi connectivity index (χ4n) is 8.59. The average molecular weight is 803 g/mol. The van der Waals surface area contributed by atoms with Gasteiger partial charge in [-0.2, -0.15) is 0 Å². The normalized spacial score (nSPS) is 18.0. The number of dihydropyridines is 2. The summed E-state index contributed by atoms with van der Waals surface area (Å²) in [7, 11) is 0. The van der Waals surface area contributed by atoms with E-state index in [2.05, 4.69) is 200 Å². The van der Waals surface area contributed by atoms with Crippen LogP contribution in [-0.2, 0) is 0 Å². The molecule has 0 radical (unpaired) electrons. The van der Waals surface area contributed by atoms with E-state index in [1.807, 2.05) is 36.4 Å². The van der Waals surface area contributed by atoms with Crippen LogP contribution in [0.4, 0.5) is 0 Å². The first-order valence-corrected chi connectivity index (χ1v) is 21.2. The third-order valence-electron chi connectivity index (χ3n) is 11.6. The number of amidine groups is 2. The zero-order valence-corrected chi connectivity index (χ0v) is 34.7. The van der Waals surface area contributed by atoms with Crippen LogP contribution >= 0.6 is 0 Å². The molecule has 0 spiro atoms. The molecule has 7 aromatic rings. The number of rotatable bonds is 9. The fraction of sp³-hybridized carbons (Fsp3) is 0.0893. The molecular formula is C56H46N6. The van der Waals surface area contributed by atoms with Gasteiger partial charge in [0.15, 0.2) is 5.84 Å². The zero-order chi connectivity index (χ0) is 41.8. The van der Waals surface area contributed by atoms with E-state index in [9.17, 15) is 0 Å². The van der Waals surface area contributed by atoms with E-state index in [0.29, 0.717) is 5.84 Å². The molecule has 3 aliphatic rings. The van der Waals surface area contributed by atoms with Crippen molar-refractivity contribution in [3.8, 4) is 44.8 Å². The maximum Gasteiger partial charge on any atom is 0.159 e. The molecule has 0 fully saturated rings. The first kappa shape index (κ1) is 38.4. The first-order valence-electron chi connectivity index (χ1n) is 21.2. The highest BCUT2D eigenvalue weighted by molar-refractivity contribution is 6.13. The van der Waals surface area contributed by atoms with E-state index in [1.165, 1.54) is 16.7 Å². The Balaban J connectivity index is 1.11. The molecule has 3 N–H and O–H groups in total. The second-order valence-corrected chi connectivity index (χ2v) is 15.9. The van der Waals surface area contributed by atoms with Crippen LogP contribution in [0.3, 0.4) is 0 Å². The summed E-state index contributed by atoms with van der Waals surface area (Å²) in [6, 6.07) is 59.5. The van der Waals surface area contributed by atoms with Crippen LogP contribution in [0.5, 0.6) is 0 Å². The molecule has 10 rings (SSSR count). The minimum atomic E-state index is -0.288. The number of hydrogen-bond acceptors (Lipinski definition) is 6. The van der Waals surface area contributed by atoms with Gasteiger partial charge in [-0.05, 0) is 83.1 Å². The topological polar surface area (TPSA) is 73.7 Å². The quantitative estimate of drug-likeness (QED) is 0.136. The molecule has 6 aromatic carbocycles. The number of nitrogens with one attached hydrogen (secondary N) is 3. The maximum absolute atomic E-state index is 5.46. The number of aliphatic imine (C=N–C) groups is 2. The Morgan fingerprint density at radius 3 is 1.66 bits per heavy atom. The van der Waals surface area contributed by atoms with Crippen molar-refractivity contribution in [1.82, 2.24) is 20.9 Å². The molecule has 0 saturated heterocycles. The summed E-state index contributed by atoms with van der Waals surface area (Å²) in [5.41, 5.74) is 16.0. The highest BCUT2D eigenvalue weighted by Crippen LogP contribution is 2.42. The molecule has 300 valence electrons. The van der Waals surface area contributed by atoms with Crippen molar-refractivity contribution in [3.63, 3.8) is 0 Å². The Morgan fingerprint density at radius 1 is 0.452 bits per heavy atom. The summed E-state index contributed by atoms with van der Waals surface area (Å²) in [5.74, 6) is 1.47. The third-order valence-corrected chi connectivity index (χ3v) is 11.6. The molecule has 1 aromatic heterocycles. The van der Waals surface area contributed by atoms with Crippen LogP contribution in [0.25, 0.3) is 44.8 Å². The van der Waals surface area contributed by atoms with E-state index in [1.54, 1.807) is 0 Å². The second kappa shape index (κ2) is 17.0. The van der Waals surface area contributed by atoms with Crippen LogP contribution < -0.4 is 16.0 Å². The van der Waals surface area contributed by atoms with Gasteiger partial charge in [-0.25, -0.2) is 15.0 Å². The minimum Gasteiger partial charge on any atom is -0.378 e. The molecule has 6 nitrogen and oxygen atoms in total. The zero-order valence-electron chi connectivity index (χ0n) is 34.7. The Morgan fingerprint density at radius 2 is 1.00 bits per heavy atom. The number of aromatic nitrogens is 1. The van der Waals surface area contributed by atoms with Gasteiger partial charge < -0.3 is 16.0 Å². The number of benzene rings is 6. The molecule has 3 unspecified atom stereocenters. The average Bonchev–Trinajstić information content (AvgIpc) is 3.34. The molecule has 0 amide bonds. The lowest BCUT2D eigenvalue weighted by atomic mass is 9.85. The maximum atomic E-state index is 5.46. The van der Waals surface area contributed by atoms with Crippen molar-refractivity contribution in [3.05, 3.63) is 246 Å². The Hall–Kier alpha value is -7.83. The van der Waals surface area contributed by atoms with Crippen LogP contribution in [-0.4, -0.2) is 16.7 Å². The summed E-state index contributed by atoms with van der Waals surface area (Å²) in [5, 5.41) is 11.2. The fourth-order valence-corrected chi connectivity index (χ4v) is 8.59. The van der Waals surface area contributed by atoms with E-state index < -0.39 is 0 Å². The number of hydrogen-bond donors (Lipinski definition) is 3. The van der Waals surface area contributed by atoms with Gasteiger partial charge in [-0.3, -0.25) is 0 Å². The summed E-state index contributed by atoms with van der Waals surface area (Å²) >= 11 is 0. The van der Waals surface area contributed by atoms with E-state index in [4.69, 9.17) is 15.0 Å². The molecular weight excluding hydrogens is 757 g/mol. The van der Waals surface area contributed by atoms with E-state index >= 15 is 0 Å². The van der Waals surface area contributed by atoms with Crippen molar-refractivity contribution < 1.29 is 0 Å². The Labute approximate surface area is 363 Å². The SMILES string of the molecule is CC1=CC=CC(c2cccc(C3C=CC=C(C)N3)c2-c2cc(-c3ccccc3)nc(-c3ccccc3-c3cccc(C4=NC(c5ccccc5)=NC(c5ccccc5)N4)c3)c2)N1. The van der Waals surface area contributed by atoms with Gasteiger partial charge in [0.05, 0.1) is 23.5 Å². The summed E-state index contributed by atoms with van der Waals surface area (Å²) < 4.78 is 0. The lowest BCUT2D eigenvalue weighted by Gasteiger charge is -2.28. The van der Waals surface area contributed by atoms with Gasteiger partial charge in [-0.15, -0.1) is 0 Å². The molecule has 6 heteroatoms. The minimum absolute atomic E-state index is 0.00349. The van der Waals surface area contributed by atoms with Gasteiger partial charge in [-0.1, -0.05) is 176 Å². The Bertz CT molecular complexity index is 2910.